The number of nitrogens with one attached hydrogen (secondary N) is 1. The average Bonchev–Trinajstić information content (AvgIpc) is 2.84. The topological polar surface area (TPSA) is 89.5 Å². The fourth-order valence-corrected chi connectivity index (χ4v) is 3.80. The fraction of sp³-hybridized carbons (Fsp3) is 0.346. The Hall–Kier alpha value is -3.81. The van der Waals surface area contributed by atoms with Gasteiger partial charge < -0.3 is 19.5 Å². The molecule has 0 aliphatic carbocycles. The molecule has 2 amide bonds. The van der Waals surface area contributed by atoms with Crippen molar-refractivity contribution in [3.05, 3.63) is 60.3 Å². The van der Waals surface area contributed by atoms with E-state index < -0.39 is 11.6 Å². The molecule has 2 aliphatic heterocycles. The van der Waals surface area contributed by atoms with Crippen LogP contribution in [0.2, 0.25) is 0 Å². The zero-order valence-electron chi connectivity index (χ0n) is 19.7. The molecule has 4 rings (SSSR count). The zero-order valence-corrected chi connectivity index (χ0v) is 19.7. The highest BCUT2D eigenvalue weighted by atomic mass is 16.6. The predicted molar refractivity (Wildman–Crippen MR) is 131 cm³/mol. The van der Waals surface area contributed by atoms with Crippen molar-refractivity contribution in [1.82, 2.24) is 0 Å². The maximum atomic E-state index is 12.8. The number of hydrogen-bond donors (Lipinski definition) is 1. The van der Waals surface area contributed by atoms with Gasteiger partial charge in [-0.2, -0.15) is 0 Å². The van der Waals surface area contributed by atoms with Gasteiger partial charge in [-0.05, 0) is 62.6 Å². The van der Waals surface area contributed by atoms with Crippen molar-refractivity contribution in [1.29, 1.82) is 0 Å². The Morgan fingerprint density at radius 3 is 2.65 bits per heavy atom. The first-order valence-electron chi connectivity index (χ1n) is 11.4. The second kappa shape index (κ2) is 9.99. The summed E-state index contributed by atoms with van der Waals surface area (Å²) in [6, 6.07) is 15.0. The van der Waals surface area contributed by atoms with E-state index in [1.807, 2.05) is 48.5 Å². The number of hydrogen-bond acceptors (Lipinski definition) is 6. The first-order valence-corrected chi connectivity index (χ1v) is 11.4. The highest BCUT2D eigenvalue weighted by Crippen LogP contribution is 2.36. The van der Waals surface area contributed by atoms with Crippen molar-refractivity contribution in [3.8, 4) is 5.75 Å². The van der Waals surface area contributed by atoms with E-state index in [0.29, 0.717) is 44.2 Å². The summed E-state index contributed by atoms with van der Waals surface area (Å²) in [6.45, 7) is 6.29. The molecular formula is C26H29N3O5. The largest absolute Gasteiger partial charge is 0.490 e. The number of anilines is 2. The molecule has 2 aromatic carbocycles. The highest BCUT2D eigenvalue weighted by molar-refractivity contribution is 6.03. The van der Waals surface area contributed by atoms with E-state index in [-0.39, 0.29) is 6.03 Å². The van der Waals surface area contributed by atoms with Crippen molar-refractivity contribution in [2.24, 2.45) is 4.99 Å². The lowest BCUT2D eigenvalue weighted by atomic mass is 9.99. The molecule has 0 radical (unpaired) electrons. The lowest BCUT2D eigenvalue weighted by molar-refractivity contribution is -0.159. The number of nitrogens with zero attached hydrogens (tertiary/aromatic N) is 2. The van der Waals surface area contributed by atoms with E-state index in [2.05, 4.69) is 10.3 Å². The predicted octanol–water partition coefficient (Wildman–Crippen LogP) is 5.01. The third-order valence-electron chi connectivity index (χ3n) is 5.58. The molecule has 34 heavy (non-hydrogen) atoms. The van der Waals surface area contributed by atoms with Crippen LogP contribution in [-0.4, -0.2) is 43.3 Å². The van der Waals surface area contributed by atoms with Gasteiger partial charge in [0, 0.05) is 18.3 Å². The Labute approximate surface area is 199 Å². The number of allylic oxidation sites excluding steroid dienone is 1. The van der Waals surface area contributed by atoms with Gasteiger partial charge >= 0.3 is 12.0 Å². The van der Waals surface area contributed by atoms with Crippen molar-refractivity contribution in [3.63, 3.8) is 0 Å². The van der Waals surface area contributed by atoms with Crippen LogP contribution in [0, 0.1) is 0 Å². The van der Waals surface area contributed by atoms with Crippen LogP contribution in [0.1, 0.15) is 39.2 Å². The van der Waals surface area contributed by atoms with E-state index in [4.69, 9.17) is 14.2 Å². The molecule has 0 bridgehead atoms. The minimum atomic E-state index is -1.09. The summed E-state index contributed by atoms with van der Waals surface area (Å²) in [5, 5.41) is 2.93. The summed E-state index contributed by atoms with van der Waals surface area (Å²) in [5.74, 6) is 0.738. The number of amides is 2. The minimum Gasteiger partial charge on any atom is -0.490 e. The molecule has 0 saturated carbocycles. The third kappa shape index (κ3) is 5.22. The molecule has 1 N–H and O–H groups in total. The standard InChI is InChI=1S/C26H29N3O5/c1-4-32-24(30)26(2,3)34-23-13-11-19(17-27-23)18-10-12-21-22(16-18)33-15-14-29(21)25(31)28-20-8-6-5-7-9-20/h5-10,12,16-17H,4,11,13-15H2,1-3H3,(H,28,31). The molecule has 2 aromatic rings. The SMILES string of the molecule is CCOC(=O)C(C)(C)OC1=NC=C(c2ccc3c(c2)OCCN3C(=O)Nc2ccccc2)CC1. The molecule has 0 fully saturated rings. The fourth-order valence-electron chi connectivity index (χ4n) is 3.80. The van der Waals surface area contributed by atoms with Crippen LogP contribution in [0.4, 0.5) is 16.2 Å². The Morgan fingerprint density at radius 2 is 1.94 bits per heavy atom. The lowest BCUT2D eigenvalue weighted by Crippen LogP contribution is -2.40. The summed E-state index contributed by atoms with van der Waals surface area (Å²) in [4.78, 5) is 31.0. The number of carbonyl (C=O) groups is 2. The molecule has 178 valence electrons. The molecule has 0 saturated heterocycles. The zero-order chi connectivity index (χ0) is 24.1. The molecule has 8 heteroatoms. The van der Waals surface area contributed by atoms with Gasteiger partial charge in [0.05, 0.1) is 18.8 Å². The van der Waals surface area contributed by atoms with E-state index >= 15 is 0 Å². The van der Waals surface area contributed by atoms with Crippen LogP contribution in [0.25, 0.3) is 5.57 Å². The summed E-state index contributed by atoms with van der Waals surface area (Å²) in [6.07, 6.45) is 3.03. The molecule has 0 spiro atoms. The number of urea groups is 1. The molecule has 0 aromatic heterocycles. The Bertz CT molecular complexity index is 1120. The normalized spacial score (nSPS) is 15.3. The molecule has 2 aliphatic rings. The third-order valence-corrected chi connectivity index (χ3v) is 5.58. The molecule has 0 unspecified atom stereocenters. The van der Waals surface area contributed by atoms with Crippen molar-refractivity contribution < 1.29 is 23.8 Å². The number of aliphatic imine (C=N–C) groups is 1. The van der Waals surface area contributed by atoms with Gasteiger partial charge in [0.1, 0.15) is 12.4 Å². The van der Waals surface area contributed by atoms with Gasteiger partial charge in [0.25, 0.3) is 0 Å². The maximum absolute atomic E-state index is 12.8. The van der Waals surface area contributed by atoms with Gasteiger partial charge in [0.2, 0.25) is 5.60 Å². The number of benzene rings is 2. The number of rotatable bonds is 5. The van der Waals surface area contributed by atoms with Crippen LogP contribution < -0.4 is 15.0 Å². The van der Waals surface area contributed by atoms with Gasteiger partial charge in [-0.25, -0.2) is 14.6 Å². The van der Waals surface area contributed by atoms with E-state index in [1.165, 1.54) is 0 Å². The van der Waals surface area contributed by atoms with Crippen molar-refractivity contribution in [2.75, 3.05) is 30.0 Å². The maximum Gasteiger partial charge on any atom is 0.349 e. The summed E-state index contributed by atoms with van der Waals surface area (Å²) in [5.41, 5.74) is 2.37. The number of esters is 1. The van der Waals surface area contributed by atoms with Gasteiger partial charge in [-0.15, -0.1) is 0 Å². The lowest BCUT2D eigenvalue weighted by Gasteiger charge is -2.30. The van der Waals surface area contributed by atoms with Crippen LogP contribution in [0.15, 0.2) is 59.7 Å². The number of fused-ring (bicyclic) bond motifs is 1. The molecule has 8 nitrogen and oxygen atoms in total. The van der Waals surface area contributed by atoms with Gasteiger partial charge in [-0.3, -0.25) is 4.90 Å². The summed E-state index contributed by atoms with van der Waals surface area (Å²) < 4.78 is 16.7. The van der Waals surface area contributed by atoms with E-state index in [0.717, 1.165) is 22.5 Å². The van der Waals surface area contributed by atoms with Crippen molar-refractivity contribution in [2.45, 2.75) is 39.2 Å². The van der Waals surface area contributed by atoms with E-state index in [1.54, 1.807) is 31.9 Å². The van der Waals surface area contributed by atoms with E-state index in [9.17, 15) is 9.59 Å². The Morgan fingerprint density at radius 1 is 1.15 bits per heavy atom. The van der Waals surface area contributed by atoms with Crippen LogP contribution in [0.5, 0.6) is 5.75 Å². The Balaban J connectivity index is 1.47. The first-order chi connectivity index (χ1) is 16.4. The van der Waals surface area contributed by atoms with Gasteiger partial charge in [-0.1, -0.05) is 24.3 Å². The van der Waals surface area contributed by atoms with Crippen LogP contribution >= 0.6 is 0 Å². The molecule has 0 atom stereocenters. The smallest absolute Gasteiger partial charge is 0.349 e. The second-order valence-corrected chi connectivity index (χ2v) is 8.49. The Kier molecular flexibility index (Phi) is 6.86. The summed E-state index contributed by atoms with van der Waals surface area (Å²) in [7, 11) is 0. The van der Waals surface area contributed by atoms with Crippen LogP contribution in [0.3, 0.4) is 0 Å². The monoisotopic (exact) mass is 463 g/mol. The van der Waals surface area contributed by atoms with Crippen LogP contribution in [-0.2, 0) is 14.3 Å². The van der Waals surface area contributed by atoms with Crippen molar-refractivity contribution >= 4 is 34.8 Å². The highest BCUT2D eigenvalue weighted by Gasteiger charge is 2.33. The van der Waals surface area contributed by atoms with Gasteiger partial charge in [0.15, 0.2) is 5.90 Å². The first kappa shape index (κ1) is 23.4. The minimum absolute atomic E-state index is 0.198. The molecule has 2 heterocycles. The average molecular weight is 464 g/mol. The number of ether oxygens (including phenoxy) is 3. The molecular weight excluding hydrogens is 434 g/mol. The second-order valence-electron chi connectivity index (χ2n) is 8.49. The number of para-hydroxylation sites is 1. The summed E-state index contributed by atoms with van der Waals surface area (Å²) >= 11 is 0. The quantitative estimate of drug-likeness (QED) is 0.630. The number of carbonyl (C=O) groups excluding carboxylic acids is 2.